The average molecular weight is 545 g/mol. The summed E-state index contributed by atoms with van der Waals surface area (Å²) in [4.78, 5) is 33.0. The molecule has 1 aromatic carbocycles. The first-order valence-electron chi connectivity index (χ1n) is 13.8. The predicted molar refractivity (Wildman–Crippen MR) is 153 cm³/mol. The average Bonchev–Trinajstić information content (AvgIpc) is 3.52. The summed E-state index contributed by atoms with van der Waals surface area (Å²) >= 11 is 0. The largest absolute Gasteiger partial charge is 0.351 e. The molecular weight excluding hydrogens is 507 g/mol. The number of benzene rings is 1. The van der Waals surface area contributed by atoms with Crippen molar-refractivity contribution in [3.05, 3.63) is 77.6 Å². The molecule has 3 aromatic heterocycles. The summed E-state index contributed by atoms with van der Waals surface area (Å²) in [5.41, 5.74) is 3.45. The second-order valence-corrected chi connectivity index (χ2v) is 11.9. The summed E-state index contributed by atoms with van der Waals surface area (Å²) in [5, 5.41) is 7.19. The maximum absolute atomic E-state index is 14.7. The zero-order valence-electron chi connectivity index (χ0n) is 23.9. The molecule has 1 aliphatic heterocycles. The van der Waals surface area contributed by atoms with Crippen molar-refractivity contribution >= 4 is 17.3 Å². The van der Waals surface area contributed by atoms with Crippen LogP contribution in [0.5, 0.6) is 0 Å². The first kappa shape index (κ1) is 27.7. The lowest BCUT2D eigenvalue weighted by molar-refractivity contribution is -0.0251. The lowest BCUT2D eigenvalue weighted by Crippen LogP contribution is -2.60. The van der Waals surface area contributed by atoms with Crippen LogP contribution in [0.4, 0.5) is 4.39 Å². The lowest BCUT2D eigenvalue weighted by Gasteiger charge is -2.53. The van der Waals surface area contributed by atoms with Crippen molar-refractivity contribution in [3.8, 4) is 11.3 Å². The van der Waals surface area contributed by atoms with Crippen LogP contribution in [0.1, 0.15) is 73.4 Å². The molecule has 4 aromatic rings. The van der Waals surface area contributed by atoms with E-state index in [2.05, 4.69) is 48.0 Å². The zero-order chi connectivity index (χ0) is 28.7. The molecule has 1 N–H and O–H groups in total. The van der Waals surface area contributed by atoms with Crippen molar-refractivity contribution in [1.82, 2.24) is 29.4 Å². The molecule has 0 spiro atoms. The van der Waals surface area contributed by atoms with E-state index in [0.717, 1.165) is 30.6 Å². The number of piperidine rings is 1. The highest BCUT2D eigenvalue weighted by Crippen LogP contribution is 2.37. The monoisotopic (exact) mass is 544 g/mol. The number of hydrogen-bond donors (Lipinski definition) is 1. The van der Waals surface area contributed by atoms with Crippen molar-refractivity contribution in [2.75, 3.05) is 13.1 Å². The van der Waals surface area contributed by atoms with Crippen LogP contribution in [0.25, 0.3) is 16.9 Å². The third-order valence-corrected chi connectivity index (χ3v) is 8.23. The summed E-state index contributed by atoms with van der Waals surface area (Å²) in [7, 11) is 1.86. The number of imidazole rings is 1. The fourth-order valence-corrected chi connectivity index (χ4v) is 6.15. The number of amides is 1. The topological polar surface area (TPSA) is 84.5 Å². The lowest BCUT2D eigenvalue weighted by atomic mass is 9.80. The number of likely N-dealkylation sites (tertiary alicyclic amines) is 1. The Labute approximate surface area is 234 Å². The fraction of sp³-hybridized carbons (Fsp3) is 0.419. The maximum Gasteiger partial charge on any atom is 0.251 e. The number of Topliss-reactive ketones (excluding diaryl/α,β-unsaturated/α-hetero) is 1. The van der Waals surface area contributed by atoms with Crippen molar-refractivity contribution in [3.63, 3.8) is 0 Å². The summed E-state index contributed by atoms with van der Waals surface area (Å²) in [6.07, 6.45) is 8.27. The van der Waals surface area contributed by atoms with E-state index in [1.165, 1.54) is 30.8 Å². The van der Waals surface area contributed by atoms with Crippen LogP contribution in [0, 0.1) is 5.82 Å². The van der Waals surface area contributed by atoms with Gasteiger partial charge >= 0.3 is 0 Å². The molecule has 1 amide bonds. The van der Waals surface area contributed by atoms with E-state index < -0.39 is 5.82 Å². The van der Waals surface area contributed by atoms with Gasteiger partial charge in [-0.2, -0.15) is 5.10 Å². The van der Waals surface area contributed by atoms with E-state index in [9.17, 15) is 14.0 Å². The smallest absolute Gasteiger partial charge is 0.251 e. The summed E-state index contributed by atoms with van der Waals surface area (Å²) < 4.78 is 18.2. The van der Waals surface area contributed by atoms with E-state index in [1.807, 2.05) is 25.2 Å². The Bertz CT molecular complexity index is 1550. The molecule has 8 nitrogen and oxygen atoms in total. The highest BCUT2D eigenvalue weighted by molar-refractivity contribution is 5.98. The molecule has 1 aliphatic rings. The van der Waals surface area contributed by atoms with Gasteiger partial charge in [0.15, 0.2) is 5.78 Å². The van der Waals surface area contributed by atoms with Gasteiger partial charge in [-0.3, -0.25) is 23.6 Å². The molecule has 40 heavy (non-hydrogen) atoms. The fourth-order valence-electron chi connectivity index (χ4n) is 6.15. The van der Waals surface area contributed by atoms with Gasteiger partial charge in [0.2, 0.25) is 0 Å². The number of carbonyl (C=O) groups is 2. The van der Waals surface area contributed by atoms with Gasteiger partial charge in [-0.1, -0.05) is 0 Å². The van der Waals surface area contributed by atoms with Gasteiger partial charge in [0.05, 0.1) is 11.9 Å². The number of aryl methyl sites for hydroxylation is 1. The summed E-state index contributed by atoms with van der Waals surface area (Å²) in [5.74, 6) is -1.08. The van der Waals surface area contributed by atoms with E-state index >= 15 is 0 Å². The molecule has 4 heterocycles. The Balaban J connectivity index is 1.26. The number of nitrogens with one attached hydrogen (secondary N) is 1. The van der Waals surface area contributed by atoms with Crippen LogP contribution < -0.4 is 5.32 Å². The first-order valence-corrected chi connectivity index (χ1v) is 13.8. The molecule has 0 radical (unpaired) electrons. The van der Waals surface area contributed by atoms with Crippen LogP contribution in [-0.4, -0.2) is 59.9 Å². The van der Waals surface area contributed by atoms with Crippen molar-refractivity contribution in [2.24, 2.45) is 7.05 Å². The van der Waals surface area contributed by atoms with E-state index in [1.54, 1.807) is 21.5 Å². The zero-order valence-corrected chi connectivity index (χ0v) is 23.9. The highest BCUT2D eigenvalue weighted by atomic mass is 19.1. The molecule has 0 saturated carbocycles. The second kappa shape index (κ2) is 10.6. The number of rotatable bonds is 8. The quantitative estimate of drug-likeness (QED) is 0.313. The third-order valence-electron chi connectivity index (χ3n) is 8.23. The van der Waals surface area contributed by atoms with Gasteiger partial charge in [0.1, 0.15) is 17.2 Å². The Morgan fingerprint density at radius 3 is 2.50 bits per heavy atom. The number of ketones is 1. The number of fused-ring (bicyclic) bond motifs is 1. The number of hydrogen-bond acceptors (Lipinski definition) is 5. The van der Waals surface area contributed by atoms with Gasteiger partial charge in [-0.25, -0.2) is 9.37 Å². The van der Waals surface area contributed by atoms with Crippen molar-refractivity contribution < 1.29 is 14.0 Å². The number of pyridine rings is 1. The molecule has 5 rings (SSSR count). The molecule has 0 bridgehead atoms. The predicted octanol–water partition coefficient (Wildman–Crippen LogP) is 5.07. The molecule has 210 valence electrons. The van der Waals surface area contributed by atoms with Gasteiger partial charge < -0.3 is 5.32 Å². The minimum atomic E-state index is -0.519. The number of carbonyl (C=O) groups excluding carboxylic acids is 2. The molecule has 1 saturated heterocycles. The second-order valence-electron chi connectivity index (χ2n) is 11.9. The van der Waals surface area contributed by atoms with Crippen molar-refractivity contribution in [2.45, 2.75) is 64.5 Å². The minimum Gasteiger partial charge on any atom is -0.351 e. The maximum atomic E-state index is 14.7. The van der Waals surface area contributed by atoms with E-state index in [-0.39, 0.29) is 34.8 Å². The van der Waals surface area contributed by atoms with Crippen LogP contribution in [0.3, 0.4) is 0 Å². The van der Waals surface area contributed by atoms with Crippen LogP contribution in [0.2, 0.25) is 0 Å². The Kier molecular flexibility index (Phi) is 7.35. The third kappa shape index (κ3) is 5.43. The Morgan fingerprint density at radius 2 is 1.80 bits per heavy atom. The molecule has 0 atom stereocenters. The molecule has 1 fully saturated rings. The van der Waals surface area contributed by atoms with Crippen molar-refractivity contribution in [1.29, 1.82) is 0 Å². The highest BCUT2D eigenvalue weighted by Gasteiger charge is 2.40. The summed E-state index contributed by atoms with van der Waals surface area (Å²) in [6.45, 7) is 10.2. The SMILES string of the molecule is Cn1nccc1-c1ccn2c(C(=O)Cc3cc(C(=O)NCCN4C(C)(C)CCCC4(C)C)ccc3F)cnc2c1. The van der Waals surface area contributed by atoms with Crippen LogP contribution in [0.15, 0.2) is 55.0 Å². The van der Waals surface area contributed by atoms with E-state index in [4.69, 9.17) is 0 Å². The molecule has 9 heteroatoms. The van der Waals surface area contributed by atoms with Gasteiger partial charge in [0.25, 0.3) is 5.91 Å². The molecule has 0 unspecified atom stereocenters. The minimum absolute atomic E-state index is 0.0633. The van der Waals surface area contributed by atoms with Gasteiger partial charge in [-0.15, -0.1) is 0 Å². The Morgan fingerprint density at radius 1 is 1.05 bits per heavy atom. The van der Waals surface area contributed by atoms with Crippen LogP contribution in [-0.2, 0) is 13.5 Å². The normalized spacial score (nSPS) is 16.8. The van der Waals surface area contributed by atoms with Gasteiger partial charge in [0, 0.05) is 61.2 Å². The Hall–Kier alpha value is -3.85. The molecule has 0 aliphatic carbocycles. The standard InChI is InChI=1S/C31H37FN6O2/c1-30(2)11-6-12-31(3,4)38(30)16-14-33-29(40)22-7-8-24(32)23(17-22)18-27(39)26-20-34-28-19-21(10-15-37(26)28)25-9-13-35-36(25)5/h7-10,13,15,17,19-20H,6,11-12,14,16,18H2,1-5H3,(H,33,40). The number of aromatic nitrogens is 4. The summed E-state index contributed by atoms with van der Waals surface area (Å²) in [6, 6.07) is 9.86. The number of nitrogens with zero attached hydrogens (tertiary/aromatic N) is 5. The first-order chi connectivity index (χ1) is 19.0. The number of halogens is 1. The van der Waals surface area contributed by atoms with Crippen LogP contribution >= 0.6 is 0 Å². The molecular formula is C31H37FN6O2. The van der Waals surface area contributed by atoms with Gasteiger partial charge in [-0.05, 0) is 88.9 Å². The van der Waals surface area contributed by atoms with E-state index in [0.29, 0.717) is 23.4 Å².